The number of hydrogen-bond acceptors (Lipinski definition) is 5. The van der Waals surface area contributed by atoms with Gasteiger partial charge in [-0.25, -0.2) is 4.98 Å². The summed E-state index contributed by atoms with van der Waals surface area (Å²) in [5.41, 5.74) is 0.757. The number of carbonyl (C=O) groups excluding carboxylic acids is 1. The summed E-state index contributed by atoms with van der Waals surface area (Å²) in [5.74, 6) is 0.811. The summed E-state index contributed by atoms with van der Waals surface area (Å²) >= 11 is 9.49. The number of anilines is 1. The van der Waals surface area contributed by atoms with Gasteiger partial charge in [-0.3, -0.25) is 9.69 Å². The zero-order valence-electron chi connectivity index (χ0n) is 15.3. The molecule has 0 aliphatic carbocycles. The summed E-state index contributed by atoms with van der Waals surface area (Å²) in [6.45, 7) is 1.31. The molecule has 0 N–H and O–H groups in total. The zero-order chi connectivity index (χ0) is 19.3. The van der Waals surface area contributed by atoms with Crippen LogP contribution in [0, 0.1) is 0 Å². The number of hydrogen-bond donors (Lipinski definition) is 0. The van der Waals surface area contributed by atoms with Crippen LogP contribution in [0.2, 0.25) is 5.02 Å². The van der Waals surface area contributed by atoms with Crippen LogP contribution in [0.3, 0.4) is 0 Å². The molecule has 3 aromatic rings. The maximum Gasteiger partial charge on any atom is 0.229 e. The van der Waals surface area contributed by atoms with E-state index in [1.54, 1.807) is 16.7 Å². The fraction of sp³-hybridized carbons (Fsp3) is 0.333. The second-order valence-electron chi connectivity index (χ2n) is 6.63. The Hall–Kier alpha value is -1.60. The van der Waals surface area contributed by atoms with Crippen molar-refractivity contribution in [1.29, 1.82) is 0 Å². The van der Waals surface area contributed by atoms with E-state index in [9.17, 15) is 4.79 Å². The van der Waals surface area contributed by atoms with Crippen LogP contribution in [0.15, 0.2) is 53.4 Å². The number of ether oxygens (including phenoxy) is 1. The fourth-order valence-corrected chi connectivity index (χ4v) is 5.36. The summed E-state index contributed by atoms with van der Waals surface area (Å²) in [6.07, 6.45) is 2.56. The molecule has 2 aromatic carbocycles. The van der Waals surface area contributed by atoms with E-state index in [0.29, 0.717) is 23.1 Å². The number of rotatable bonds is 7. The van der Waals surface area contributed by atoms with Crippen LogP contribution >= 0.6 is 34.7 Å². The Balaban J connectivity index is 1.50. The Morgan fingerprint density at radius 3 is 2.86 bits per heavy atom. The first-order chi connectivity index (χ1) is 13.7. The summed E-state index contributed by atoms with van der Waals surface area (Å²) in [5, 5.41) is 1.32. The molecular weight excluding hydrogens is 412 g/mol. The molecule has 0 saturated carbocycles. The second-order valence-corrected chi connectivity index (χ2v) is 9.22. The first-order valence-electron chi connectivity index (χ1n) is 9.35. The summed E-state index contributed by atoms with van der Waals surface area (Å²) < 4.78 is 6.77. The molecule has 4 rings (SSSR count). The third-order valence-corrected chi connectivity index (χ3v) is 6.99. The first-order valence-corrected chi connectivity index (χ1v) is 11.5. The highest BCUT2D eigenvalue weighted by Gasteiger charge is 2.26. The summed E-state index contributed by atoms with van der Waals surface area (Å²) in [6, 6.07) is 15.9. The van der Waals surface area contributed by atoms with Crippen LogP contribution in [0.5, 0.6) is 0 Å². The number of para-hydroxylation sites is 1. The quantitative estimate of drug-likeness (QED) is 0.453. The third-order valence-electron chi connectivity index (χ3n) is 4.63. The van der Waals surface area contributed by atoms with E-state index in [0.717, 1.165) is 35.4 Å². The number of fused-ring (bicyclic) bond motifs is 1. The van der Waals surface area contributed by atoms with E-state index in [1.807, 2.05) is 36.4 Å². The average molecular weight is 433 g/mol. The van der Waals surface area contributed by atoms with Crippen molar-refractivity contribution >= 4 is 56.0 Å². The Bertz CT molecular complexity index is 942. The summed E-state index contributed by atoms with van der Waals surface area (Å²) in [7, 11) is 0. The van der Waals surface area contributed by atoms with Crippen LogP contribution in [-0.2, 0) is 9.53 Å². The number of aromatic nitrogens is 1. The zero-order valence-corrected chi connectivity index (χ0v) is 17.7. The number of halogens is 1. The van der Waals surface area contributed by atoms with E-state index in [1.165, 1.54) is 16.2 Å². The molecule has 1 atom stereocenters. The van der Waals surface area contributed by atoms with Gasteiger partial charge in [0, 0.05) is 23.7 Å². The molecule has 7 heteroatoms. The minimum atomic E-state index is 0.0770. The van der Waals surface area contributed by atoms with E-state index >= 15 is 0 Å². The van der Waals surface area contributed by atoms with E-state index in [2.05, 4.69) is 17.1 Å². The van der Waals surface area contributed by atoms with Crippen molar-refractivity contribution in [1.82, 2.24) is 4.98 Å². The van der Waals surface area contributed by atoms with Gasteiger partial charge in [0.2, 0.25) is 5.91 Å². The van der Waals surface area contributed by atoms with Gasteiger partial charge in [0.25, 0.3) is 0 Å². The Labute approximate surface area is 177 Å². The first kappa shape index (κ1) is 19.7. The molecular formula is C21H21ClN2O2S2. The average Bonchev–Trinajstić information content (AvgIpc) is 3.37. The molecule has 1 aliphatic rings. The van der Waals surface area contributed by atoms with Crippen molar-refractivity contribution < 1.29 is 9.53 Å². The number of thiazole rings is 1. The molecule has 0 bridgehead atoms. The lowest BCUT2D eigenvalue weighted by Gasteiger charge is -2.23. The fourth-order valence-electron chi connectivity index (χ4n) is 3.21. The van der Waals surface area contributed by atoms with Crippen molar-refractivity contribution in [3.63, 3.8) is 0 Å². The predicted octanol–water partition coefficient (Wildman–Crippen LogP) is 5.64. The van der Waals surface area contributed by atoms with Gasteiger partial charge < -0.3 is 4.74 Å². The largest absolute Gasteiger partial charge is 0.376 e. The van der Waals surface area contributed by atoms with Gasteiger partial charge in [-0.05, 0) is 37.1 Å². The normalized spacial score (nSPS) is 16.5. The van der Waals surface area contributed by atoms with Crippen molar-refractivity contribution in [2.24, 2.45) is 0 Å². The van der Waals surface area contributed by atoms with Crippen molar-refractivity contribution in [3.05, 3.63) is 53.6 Å². The van der Waals surface area contributed by atoms with E-state index in [-0.39, 0.29) is 12.0 Å². The lowest BCUT2D eigenvalue weighted by Crippen LogP contribution is -2.37. The number of benzene rings is 2. The molecule has 1 aliphatic heterocycles. The lowest BCUT2D eigenvalue weighted by molar-refractivity contribution is -0.118. The number of carbonyl (C=O) groups is 1. The molecule has 0 spiro atoms. The van der Waals surface area contributed by atoms with Crippen LogP contribution in [0.25, 0.3) is 10.2 Å². The maximum absolute atomic E-state index is 13.1. The Kier molecular flexibility index (Phi) is 6.52. The minimum Gasteiger partial charge on any atom is -0.376 e. The van der Waals surface area contributed by atoms with Gasteiger partial charge in [-0.15, -0.1) is 11.8 Å². The molecule has 28 heavy (non-hydrogen) atoms. The van der Waals surface area contributed by atoms with Crippen molar-refractivity contribution in [2.75, 3.05) is 23.8 Å². The SMILES string of the molecule is O=C(CCSc1ccccc1)N(CC1CCCO1)c1nc2c(Cl)cccc2s1. The molecule has 2 heterocycles. The van der Waals surface area contributed by atoms with Crippen molar-refractivity contribution in [2.45, 2.75) is 30.3 Å². The molecule has 4 nitrogen and oxygen atoms in total. The van der Waals surface area contributed by atoms with Crippen LogP contribution in [0.4, 0.5) is 5.13 Å². The number of amides is 1. The Morgan fingerprint density at radius 2 is 2.11 bits per heavy atom. The monoisotopic (exact) mass is 432 g/mol. The highest BCUT2D eigenvalue weighted by atomic mass is 35.5. The molecule has 1 fully saturated rings. The highest BCUT2D eigenvalue weighted by Crippen LogP contribution is 2.34. The molecule has 1 unspecified atom stereocenters. The van der Waals surface area contributed by atoms with E-state index < -0.39 is 0 Å². The van der Waals surface area contributed by atoms with Crippen molar-refractivity contribution in [3.8, 4) is 0 Å². The molecule has 1 saturated heterocycles. The standard InChI is InChI=1S/C21H21ClN2O2S2/c22-17-9-4-10-18-20(17)23-21(28-18)24(14-15-6-5-12-26-15)19(25)11-13-27-16-7-2-1-3-8-16/h1-4,7-10,15H,5-6,11-14H2. The van der Waals surface area contributed by atoms with Gasteiger partial charge in [-0.1, -0.05) is 47.2 Å². The van der Waals surface area contributed by atoms with Gasteiger partial charge >= 0.3 is 0 Å². The van der Waals surface area contributed by atoms with E-state index in [4.69, 9.17) is 16.3 Å². The smallest absolute Gasteiger partial charge is 0.229 e. The molecule has 1 amide bonds. The highest BCUT2D eigenvalue weighted by molar-refractivity contribution is 7.99. The molecule has 146 valence electrons. The van der Waals surface area contributed by atoms with Crippen LogP contribution in [0.1, 0.15) is 19.3 Å². The van der Waals surface area contributed by atoms with Gasteiger partial charge in [0.1, 0.15) is 5.52 Å². The Morgan fingerprint density at radius 1 is 1.25 bits per heavy atom. The third kappa shape index (κ3) is 4.69. The molecule has 1 aromatic heterocycles. The van der Waals surface area contributed by atoms with Crippen LogP contribution in [-0.4, -0.2) is 35.9 Å². The predicted molar refractivity (Wildman–Crippen MR) is 118 cm³/mol. The number of thioether (sulfide) groups is 1. The molecule has 0 radical (unpaired) electrons. The topological polar surface area (TPSA) is 42.4 Å². The van der Waals surface area contributed by atoms with Gasteiger partial charge in [0.15, 0.2) is 5.13 Å². The van der Waals surface area contributed by atoms with Gasteiger partial charge in [0.05, 0.1) is 22.4 Å². The minimum absolute atomic E-state index is 0.0770. The summed E-state index contributed by atoms with van der Waals surface area (Å²) in [4.78, 5) is 20.7. The maximum atomic E-state index is 13.1. The second kappa shape index (κ2) is 9.27. The van der Waals surface area contributed by atoms with Gasteiger partial charge in [-0.2, -0.15) is 0 Å². The number of nitrogens with zero attached hydrogens (tertiary/aromatic N) is 2. The lowest BCUT2D eigenvalue weighted by atomic mass is 10.2. The van der Waals surface area contributed by atoms with Crippen LogP contribution < -0.4 is 4.90 Å².